The Kier molecular flexibility index (Phi) is 4.60. The van der Waals surface area contributed by atoms with Crippen LogP contribution in [0.4, 0.5) is 0 Å². The fourth-order valence-corrected chi connectivity index (χ4v) is 0.874. The number of hydrogen-bond acceptors (Lipinski definition) is 2. The molecule has 2 aromatic rings. The molecule has 0 aliphatic heterocycles. The Bertz CT molecular complexity index is 390. The van der Waals surface area contributed by atoms with Gasteiger partial charge in [0, 0.05) is 24.8 Å². The minimum absolute atomic E-state index is 0.924. The molecule has 2 aromatic heterocycles. The summed E-state index contributed by atoms with van der Waals surface area (Å²) < 4.78 is 1.78. The van der Waals surface area contributed by atoms with Crippen LogP contribution in [0.3, 0.4) is 0 Å². The Morgan fingerprint density at radius 2 is 2.07 bits per heavy atom. The Labute approximate surface area is 89.4 Å². The summed E-state index contributed by atoms with van der Waals surface area (Å²) in [6.07, 6.45) is 10.4. The lowest BCUT2D eigenvalue weighted by Gasteiger charge is -1.84. The van der Waals surface area contributed by atoms with Crippen molar-refractivity contribution in [1.82, 2.24) is 14.5 Å². The number of imidazole rings is 1. The Morgan fingerprint density at radius 3 is 2.40 bits per heavy atom. The number of nitrogens with zero attached hydrogens (tertiary/aromatic N) is 3. The van der Waals surface area contributed by atoms with Crippen LogP contribution < -0.4 is 0 Å². The average molecular weight is 199 g/mol. The van der Waals surface area contributed by atoms with Crippen LogP contribution in [0.1, 0.15) is 5.69 Å². The van der Waals surface area contributed by atoms with E-state index in [0.29, 0.717) is 0 Å². The van der Waals surface area contributed by atoms with E-state index < -0.39 is 0 Å². The number of aromatic nitrogens is 3. The minimum atomic E-state index is 0.924. The zero-order chi connectivity index (χ0) is 10.9. The predicted molar refractivity (Wildman–Crippen MR) is 62.9 cm³/mol. The second kappa shape index (κ2) is 6.32. The van der Waals surface area contributed by atoms with Crippen molar-refractivity contribution < 1.29 is 0 Å². The molecule has 0 radical (unpaired) electrons. The van der Waals surface area contributed by atoms with E-state index in [-0.39, 0.29) is 0 Å². The normalized spacial score (nSPS) is 8.53. The molecule has 0 amide bonds. The maximum absolute atomic E-state index is 3.98. The van der Waals surface area contributed by atoms with E-state index in [4.69, 9.17) is 0 Å². The molecule has 76 valence electrons. The van der Waals surface area contributed by atoms with Crippen LogP contribution in [0, 0.1) is 0 Å². The van der Waals surface area contributed by atoms with Crippen molar-refractivity contribution in [3.63, 3.8) is 0 Å². The van der Waals surface area contributed by atoms with Gasteiger partial charge in [-0.2, -0.15) is 0 Å². The van der Waals surface area contributed by atoms with Gasteiger partial charge in [-0.05, 0) is 18.2 Å². The molecule has 0 saturated heterocycles. The van der Waals surface area contributed by atoms with Gasteiger partial charge in [-0.3, -0.25) is 4.98 Å². The average Bonchev–Trinajstić information content (AvgIpc) is 2.84. The molecule has 0 unspecified atom stereocenters. The maximum atomic E-state index is 3.98. The van der Waals surface area contributed by atoms with Crippen LogP contribution in [0.25, 0.3) is 12.3 Å². The molecule has 0 spiro atoms. The second-order valence-electron chi connectivity index (χ2n) is 2.65. The summed E-state index contributed by atoms with van der Waals surface area (Å²) in [4.78, 5) is 7.76. The van der Waals surface area contributed by atoms with Gasteiger partial charge in [-0.15, -0.1) is 0 Å². The molecule has 0 aliphatic rings. The molecule has 3 heteroatoms. The fraction of sp³-hybridized carbons (Fsp3) is 0. The van der Waals surface area contributed by atoms with Crippen molar-refractivity contribution in [3.8, 4) is 0 Å². The first-order valence-corrected chi connectivity index (χ1v) is 4.50. The van der Waals surface area contributed by atoms with Crippen LogP contribution in [0.5, 0.6) is 0 Å². The molecule has 15 heavy (non-hydrogen) atoms. The number of pyridine rings is 1. The molecular formula is C12H13N3. The van der Waals surface area contributed by atoms with Crippen molar-refractivity contribution in [2.45, 2.75) is 0 Å². The lowest BCUT2D eigenvalue weighted by Crippen LogP contribution is -1.73. The highest BCUT2D eigenvalue weighted by molar-refractivity contribution is 5.40. The summed E-state index contributed by atoms with van der Waals surface area (Å²) in [6.45, 7) is 7.09. The van der Waals surface area contributed by atoms with Crippen molar-refractivity contribution in [2.75, 3.05) is 0 Å². The van der Waals surface area contributed by atoms with Crippen LogP contribution >= 0.6 is 0 Å². The van der Waals surface area contributed by atoms with Gasteiger partial charge in [0.15, 0.2) is 0 Å². The lowest BCUT2D eigenvalue weighted by molar-refractivity contribution is 1.14. The first kappa shape index (κ1) is 10.9. The highest BCUT2D eigenvalue weighted by Crippen LogP contribution is 1.91. The van der Waals surface area contributed by atoms with Gasteiger partial charge in [-0.1, -0.05) is 19.2 Å². The molecule has 3 nitrogen and oxygen atoms in total. The molecule has 0 atom stereocenters. The van der Waals surface area contributed by atoms with Crippen LogP contribution in [0.2, 0.25) is 0 Å². The Hall–Kier alpha value is -2.16. The lowest BCUT2D eigenvalue weighted by atomic mass is 10.4. The summed E-state index contributed by atoms with van der Waals surface area (Å²) in [6, 6.07) is 5.73. The molecule has 0 bridgehead atoms. The molecule has 0 fully saturated rings. The third kappa shape index (κ3) is 4.04. The van der Waals surface area contributed by atoms with Crippen molar-refractivity contribution in [2.24, 2.45) is 0 Å². The number of rotatable bonds is 2. The van der Waals surface area contributed by atoms with Crippen LogP contribution in [-0.2, 0) is 0 Å². The zero-order valence-corrected chi connectivity index (χ0v) is 8.45. The molecular weight excluding hydrogens is 186 g/mol. The van der Waals surface area contributed by atoms with Gasteiger partial charge < -0.3 is 4.57 Å². The van der Waals surface area contributed by atoms with Crippen LogP contribution in [0.15, 0.2) is 56.3 Å². The van der Waals surface area contributed by atoms with E-state index in [1.165, 1.54) is 0 Å². The highest BCUT2D eigenvalue weighted by Gasteiger charge is 1.77. The van der Waals surface area contributed by atoms with Crippen LogP contribution in [-0.4, -0.2) is 14.5 Å². The van der Waals surface area contributed by atoms with Gasteiger partial charge >= 0.3 is 0 Å². The van der Waals surface area contributed by atoms with E-state index in [1.54, 1.807) is 35.6 Å². The predicted octanol–water partition coefficient (Wildman–Crippen LogP) is 2.71. The monoisotopic (exact) mass is 199 g/mol. The van der Waals surface area contributed by atoms with Crippen molar-refractivity contribution in [3.05, 3.63) is 62.0 Å². The largest absolute Gasteiger partial charge is 0.314 e. The van der Waals surface area contributed by atoms with E-state index in [2.05, 4.69) is 23.1 Å². The van der Waals surface area contributed by atoms with Gasteiger partial charge in [0.25, 0.3) is 0 Å². The summed E-state index contributed by atoms with van der Waals surface area (Å²) in [5, 5.41) is 0. The van der Waals surface area contributed by atoms with E-state index in [1.807, 2.05) is 24.4 Å². The zero-order valence-electron chi connectivity index (χ0n) is 8.45. The highest BCUT2D eigenvalue weighted by atomic mass is 15.0. The first-order valence-electron chi connectivity index (χ1n) is 4.50. The second-order valence-corrected chi connectivity index (χ2v) is 2.65. The molecule has 0 saturated carbocycles. The van der Waals surface area contributed by atoms with Gasteiger partial charge in [0.05, 0.1) is 12.0 Å². The quantitative estimate of drug-likeness (QED) is 0.744. The third-order valence-electron chi connectivity index (χ3n) is 1.63. The molecule has 2 rings (SSSR count). The first-order chi connectivity index (χ1) is 7.36. The molecule has 2 heterocycles. The van der Waals surface area contributed by atoms with Gasteiger partial charge in [-0.25, -0.2) is 4.98 Å². The van der Waals surface area contributed by atoms with Gasteiger partial charge in [0.2, 0.25) is 0 Å². The van der Waals surface area contributed by atoms with E-state index >= 15 is 0 Å². The minimum Gasteiger partial charge on any atom is -0.314 e. The summed E-state index contributed by atoms with van der Waals surface area (Å²) in [5.41, 5.74) is 0.924. The van der Waals surface area contributed by atoms with E-state index in [0.717, 1.165) is 5.69 Å². The molecule has 0 aliphatic carbocycles. The summed E-state index contributed by atoms with van der Waals surface area (Å²) in [5.74, 6) is 0. The van der Waals surface area contributed by atoms with Gasteiger partial charge in [0.1, 0.15) is 0 Å². The summed E-state index contributed by atoms with van der Waals surface area (Å²) >= 11 is 0. The smallest absolute Gasteiger partial charge is 0.0986 e. The summed E-state index contributed by atoms with van der Waals surface area (Å²) in [7, 11) is 0. The van der Waals surface area contributed by atoms with Crippen molar-refractivity contribution >= 4 is 12.3 Å². The Balaban J connectivity index is 0.000000151. The topological polar surface area (TPSA) is 30.7 Å². The third-order valence-corrected chi connectivity index (χ3v) is 1.63. The standard InChI is InChI=1S/C7H7N.C5H6N2/c1-2-7-5-3-4-6-8-7;1-2-7-4-3-6-5-7/h2-6H,1H2;2-5H,1H2. The maximum Gasteiger partial charge on any atom is 0.0986 e. The molecule has 0 aromatic carbocycles. The van der Waals surface area contributed by atoms with E-state index in [9.17, 15) is 0 Å². The Morgan fingerprint density at radius 1 is 1.20 bits per heavy atom. The SMILES string of the molecule is C=Cc1ccccn1.C=Cn1ccnc1. The fourth-order valence-electron chi connectivity index (χ4n) is 0.874. The van der Waals surface area contributed by atoms with Crippen molar-refractivity contribution in [1.29, 1.82) is 0 Å². The number of hydrogen-bond donors (Lipinski definition) is 0. The molecule has 0 N–H and O–H groups in total.